The number of pyridine rings is 1. The SMILES string of the molecule is CO[C@H]1CN(C(=O)c2cc(C)ccc2C)C[C@@H]1Oc1cccc(CS(=O)(=O)N2CCC[C@H]2c2ccccn2)c1. The van der Waals surface area contributed by atoms with E-state index in [1.54, 1.807) is 40.7 Å². The van der Waals surface area contributed by atoms with Crippen molar-refractivity contribution in [3.05, 3.63) is 94.8 Å². The Morgan fingerprint density at radius 2 is 1.85 bits per heavy atom. The number of carbonyl (C=O) groups is 1. The van der Waals surface area contributed by atoms with E-state index in [9.17, 15) is 13.2 Å². The molecule has 1 amide bonds. The molecule has 0 N–H and O–H groups in total. The van der Waals surface area contributed by atoms with Crippen molar-refractivity contribution in [2.45, 2.75) is 50.7 Å². The first-order valence-electron chi connectivity index (χ1n) is 13.3. The molecule has 3 aromatic rings. The molecule has 2 saturated heterocycles. The highest BCUT2D eigenvalue weighted by molar-refractivity contribution is 7.88. The standard InChI is InChI=1S/C30H35N3O5S/c1-21-12-13-22(2)25(16-21)30(34)32-18-28(37-3)29(19-32)38-24-9-6-8-23(17-24)20-39(35,36)33-15-7-11-27(33)26-10-4-5-14-31-26/h4-6,8-10,12-14,16-17,27-29H,7,11,15,18-20H2,1-3H3/t27-,28-,29-/m0/s1. The maximum atomic E-state index is 13.4. The van der Waals surface area contributed by atoms with E-state index >= 15 is 0 Å². The van der Waals surface area contributed by atoms with Crippen LogP contribution in [0.25, 0.3) is 0 Å². The van der Waals surface area contributed by atoms with Crippen molar-refractivity contribution in [1.29, 1.82) is 0 Å². The fourth-order valence-electron chi connectivity index (χ4n) is 5.50. The van der Waals surface area contributed by atoms with Crippen LogP contribution in [0.3, 0.4) is 0 Å². The molecule has 5 rings (SSSR count). The lowest BCUT2D eigenvalue weighted by molar-refractivity contribution is 0.0339. The molecule has 0 spiro atoms. The van der Waals surface area contributed by atoms with Gasteiger partial charge in [0.1, 0.15) is 18.0 Å². The Labute approximate surface area is 230 Å². The highest BCUT2D eigenvalue weighted by Gasteiger charge is 2.38. The lowest BCUT2D eigenvalue weighted by Gasteiger charge is -2.24. The second-order valence-corrected chi connectivity index (χ2v) is 12.3. The quantitative estimate of drug-likeness (QED) is 0.417. The second kappa shape index (κ2) is 11.5. The fourth-order valence-corrected chi connectivity index (χ4v) is 7.28. The average Bonchev–Trinajstić information content (AvgIpc) is 3.58. The van der Waals surface area contributed by atoms with E-state index < -0.39 is 10.0 Å². The third-order valence-electron chi connectivity index (χ3n) is 7.55. The summed E-state index contributed by atoms with van der Waals surface area (Å²) in [5, 5.41) is 0. The van der Waals surface area contributed by atoms with Gasteiger partial charge in [0.25, 0.3) is 5.91 Å². The van der Waals surface area contributed by atoms with Crippen LogP contribution < -0.4 is 4.74 Å². The van der Waals surface area contributed by atoms with Gasteiger partial charge in [-0.15, -0.1) is 0 Å². The van der Waals surface area contributed by atoms with Crippen molar-refractivity contribution in [3.8, 4) is 5.75 Å². The highest BCUT2D eigenvalue weighted by Crippen LogP contribution is 2.34. The zero-order valence-electron chi connectivity index (χ0n) is 22.6. The largest absolute Gasteiger partial charge is 0.486 e. The maximum absolute atomic E-state index is 13.4. The summed E-state index contributed by atoms with van der Waals surface area (Å²) in [7, 11) is -1.95. The number of likely N-dealkylation sites (tertiary alicyclic amines) is 1. The van der Waals surface area contributed by atoms with Crippen molar-refractivity contribution in [2.75, 3.05) is 26.7 Å². The molecule has 9 heteroatoms. The van der Waals surface area contributed by atoms with Gasteiger partial charge in [0, 0.05) is 25.4 Å². The maximum Gasteiger partial charge on any atom is 0.254 e. The van der Waals surface area contributed by atoms with Crippen molar-refractivity contribution in [1.82, 2.24) is 14.2 Å². The topological polar surface area (TPSA) is 89.0 Å². The first-order valence-corrected chi connectivity index (χ1v) is 14.9. The van der Waals surface area contributed by atoms with Gasteiger partial charge in [0.15, 0.2) is 0 Å². The van der Waals surface area contributed by atoms with Crippen LogP contribution in [0.5, 0.6) is 5.75 Å². The molecule has 2 aliphatic rings. The van der Waals surface area contributed by atoms with Gasteiger partial charge in [-0.1, -0.05) is 35.9 Å². The van der Waals surface area contributed by atoms with E-state index in [0.29, 0.717) is 36.5 Å². The molecule has 2 aliphatic heterocycles. The third kappa shape index (κ3) is 6.00. The molecular formula is C30H35N3O5S. The minimum Gasteiger partial charge on any atom is -0.486 e. The van der Waals surface area contributed by atoms with Crippen molar-refractivity contribution in [2.24, 2.45) is 0 Å². The number of nitrogens with zero attached hydrogens (tertiary/aromatic N) is 3. The van der Waals surface area contributed by atoms with Gasteiger partial charge < -0.3 is 14.4 Å². The van der Waals surface area contributed by atoms with Crippen LogP contribution in [0.2, 0.25) is 0 Å². The first-order chi connectivity index (χ1) is 18.7. The zero-order valence-corrected chi connectivity index (χ0v) is 23.4. The summed E-state index contributed by atoms with van der Waals surface area (Å²) < 4.78 is 40.4. The summed E-state index contributed by atoms with van der Waals surface area (Å²) >= 11 is 0. The summed E-state index contributed by atoms with van der Waals surface area (Å²) in [4.78, 5) is 19.4. The molecule has 0 saturated carbocycles. The van der Waals surface area contributed by atoms with Crippen LogP contribution in [0, 0.1) is 13.8 Å². The fraction of sp³-hybridized carbons (Fsp3) is 0.400. The Balaban J connectivity index is 1.28. The van der Waals surface area contributed by atoms with Gasteiger partial charge in [0.2, 0.25) is 10.0 Å². The molecule has 0 aliphatic carbocycles. The Morgan fingerprint density at radius 3 is 2.62 bits per heavy atom. The minimum atomic E-state index is -3.57. The number of benzene rings is 2. The number of rotatable bonds is 8. The summed E-state index contributed by atoms with van der Waals surface area (Å²) in [5.74, 6) is 0.388. The first kappa shape index (κ1) is 27.3. The molecule has 2 fully saturated rings. The van der Waals surface area contributed by atoms with E-state index in [4.69, 9.17) is 9.47 Å². The molecule has 8 nitrogen and oxygen atoms in total. The summed E-state index contributed by atoms with van der Waals surface area (Å²) in [6.07, 6.45) is 2.60. The molecule has 0 unspecified atom stereocenters. The number of sulfonamides is 1. The summed E-state index contributed by atoms with van der Waals surface area (Å²) in [6.45, 7) is 5.20. The second-order valence-electron chi connectivity index (χ2n) is 10.4. The van der Waals surface area contributed by atoms with Gasteiger partial charge in [-0.05, 0) is 68.1 Å². The number of methoxy groups -OCH3 is 1. The predicted octanol–water partition coefficient (Wildman–Crippen LogP) is 4.28. The number of amides is 1. The number of aryl methyl sites for hydroxylation is 2. The molecule has 0 radical (unpaired) electrons. The Bertz CT molecular complexity index is 1430. The normalized spacial score (nSPS) is 21.8. The number of hydrogen-bond donors (Lipinski definition) is 0. The average molecular weight is 550 g/mol. The van der Waals surface area contributed by atoms with Crippen LogP contribution in [0.1, 0.15) is 51.6 Å². The van der Waals surface area contributed by atoms with Crippen molar-refractivity contribution in [3.63, 3.8) is 0 Å². The minimum absolute atomic E-state index is 0.0442. The van der Waals surface area contributed by atoms with Crippen LogP contribution in [-0.4, -0.2) is 67.5 Å². The molecule has 2 aromatic carbocycles. The van der Waals surface area contributed by atoms with Gasteiger partial charge >= 0.3 is 0 Å². The van der Waals surface area contributed by atoms with Crippen LogP contribution in [0.15, 0.2) is 66.9 Å². The van der Waals surface area contributed by atoms with Gasteiger partial charge in [-0.25, -0.2) is 8.42 Å². The Morgan fingerprint density at radius 1 is 1.03 bits per heavy atom. The predicted molar refractivity (Wildman–Crippen MR) is 149 cm³/mol. The molecular weight excluding hydrogens is 514 g/mol. The molecule has 3 heterocycles. The van der Waals surface area contributed by atoms with Gasteiger partial charge in [-0.2, -0.15) is 4.31 Å². The highest BCUT2D eigenvalue weighted by atomic mass is 32.2. The van der Waals surface area contributed by atoms with Crippen LogP contribution in [-0.2, 0) is 20.5 Å². The number of carbonyl (C=O) groups excluding carboxylic acids is 1. The molecule has 3 atom stereocenters. The monoisotopic (exact) mass is 549 g/mol. The summed E-state index contributed by atoms with van der Waals surface area (Å²) in [5.41, 5.74) is 4.08. The smallest absolute Gasteiger partial charge is 0.254 e. The third-order valence-corrected chi connectivity index (χ3v) is 9.40. The number of hydrogen-bond acceptors (Lipinski definition) is 6. The lowest BCUT2D eigenvalue weighted by Crippen LogP contribution is -2.32. The van der Waals surface area contributed by atoms with Gasteiger partial charge in [0.05, 0.1) is 30.6 Å². The Kier molecular flexibility index (Phi) is 8.02. The van der Waals surface area contributed by atoms with E-state index in [1.165, 1.54) is 0 Å². The molecule has 39 heavy (non-hydrogen) atoms. The summed E-state index contributed by atoms with van der Waals surface area (Å²) in [6, 6.07) is 18.4. The van der Waals surface area contributed by atoms with Crippen LogP contribution >= 0.6 is 0 Å². The number of aromatic nitrogens is 1. The van der Waals surface area contributed by atoms with Crippen molar-refractivity contribution < 1.29 is 22.7 Å². The van der Waals surface area contributed by atoms with Gasteiger partial charge in [-0.3, -0.25) is 9.78 Å². The lowest BCUT2D eigenvalue weighted by atomic mass is 10.0. The van der Waals surface area contributed by atoms with Crippen molar-refractivity contribution >= 4 is 15.9 Å². The van der Waals surface area contributed by atoms with Crippen LogP contribution in [0.4, 0.5) is 0 Å². The Hall–Kier alpha value is -3.27. The molecule has 0 bridgehead atoms. The number of ether oxygens (including phenoxy) is 2. The van der Waals surface area contributed by atoms with E-state index in [1.807, 2.05) is 56.3 Å². The van der Waals surface area contributed by atoms with E-state index in [2.05, 4.69) is 4.98 Å². The molecule has 206 valence electrons. The van der Waals surface area contributed by atoms with E-state index in [0.717, 1.165) is 29.7 Å². The zero-order chi connectivity index (χ0) is 27.6. The molecule has 1 aromatic heterocycles. The van der Waals surface area contributed by atoms with E-state index in [-0.39, 0.29) is 29.9 Å².